The minimum atomic E-state index is -3.58. The van der Waals surface area contributed by atoms with E-state index in [4.69, 9.17) is 0 Å². The van der Waals surface area contributed by atoms with Crippen LogP contribution < -0.4 is 14.5 Å². The van der Waals surface area contributed by atoms with Crippen LogP contribution >= 0.6 is 0 Å². The Morgan fingerprint density at radius 2 is 1.48 bits per heavy atom. The largest absolute Gasteiger partial charge is 0.372 e. The molecular weight excluding hydrogens is 362 g/mol. The van der Waals surface area contributed by atoms with E-state index in [-0.39, 0.29) is 12.5 Å². The Kier molecular flexibility index (Phi) is 7.24. The Morgan fingerprint density at radius 1 is 0.926 bits per heavy atom. The van der Waals surface area contributed by atoms with Crippen LogP contribution in [-0.4, -0.2) is 40.2 Å². The van der Waals surface area contributed by atoms with Gasteiger partial charge in [-0.3, -0.25) is 9.10 Å². The molecule has 0 unspecified atom stereocenters. The highest BCUT2D eigenvalue weighted by Gasteiger charge is 2.21. The molecule has 7 heteroatoms. The van der Waals surface area contributed by atoms with Crippen LogP contribution in [0.4, 0.5) is 11.4 Å². The Bertz CT molecular complexity index is 833. The first-order valence-corrected chi connectivity index (χ1v) is 10.8. The number of carbonyl (C=O) groups excluding carboxylic acids is 1. The Balaban J connectivity index is 2.10. The average molecular weight is 390 g/mol. The molecule has 2 aromatic rings. The zero-order chi connectivity index (χ0) is 19.9. The second-order valence-electron chi connectivity index (χ2n) is 6.22. The number of hydrogen-bond acceptors (Lipinski definition) is 4. The monoisotopic (exact) mass is 389 g/mol. The van der Waals surface area contributed by atoms with Crippen LogP contribution in [-0.2, 0) is 21.4 Å². The molecule has 0 radical (unpaired) electrons. The maximum Gasteiger partial charge on any atom is 0.241 e. The fraction of sp³-hybridized carbons (Fsp3) is 0.350. The molecule has 0 aliphatic rings. The molecule has 0 aliphatic carbocycles. The quantitative estimate of drug-likeness (QED) is 0.716. The van der Waals surface area contributed by atoms with E-state index in [1.165, 1.54) is 0 Å². The second-order valence-corrected chi connectivity index (χ2v) is 8.13. The summed E-state index contributed by atoms with van der Waals surface area (Å²) in [5.41, 5.74) is 2.45. The van der Waals surface area contributed by atoms with Crippen molar-refractivity contribution >= 4 is 27.3 Å². The molecule has 0 aliphatic heterocycles. The van der Waals surface area contributed by atoms with Gasteiger partial charge in [0.1, 0.15) is 6.54 Å². The molecule has 0 atom stereocenters. The van der Waals surface area contributed by atoms with Crippen LogP contribution in [0.2, 0.25) is 0 Å². The van der Waals surface area contributed by atoms with E-state index < -0.39 is 10.0 Å². The fourth-order valence-electron chi connectivity index (χ4n) is 2.80. The van der Waals surface area contributed by atoms with Gasteiger partial charge in [0, 0.05) is 25.3 Å². The maximum absolute atomic E-state index is 12.3. The van der Waals surface area contributed by atoms with Crippen molar-refractivity contribution in [3.63, 3.8) is 0 Å². The van der Waals surface area contributed by atoms with Crippen molar-refractivity contribution < 1.29 is 13.2 Å². The molecule has 0 saturated carbocycles. The third-order valence-electron chi connectivity index (χ3n) is 4.29. The summed E-state index contributed by atoms with van der Waals surface area (Å²) in [4.78, 5) is 14.5. The highest BCUT2D eigenvalue weighted by atomic mass is 32.2. The molecule has 146 valence electrons. The van der Waals surface area contributed by atoms with Crippen molar-refractivity contribution in [2.24, 2.45) is 0 Å². The van der Waals surface area contributed by atoms with E-state index in [9.17, 15) is 13.2 Å². The molecular formula is C20H27N3O3S. The van der Waals surface area contributed by atoms with Gasteiger partial charge in [-0.1, -0.05) is 30.3 Å². The summed E-state index contributed by atoms with van der Waals surface area (Å²) < 4.78 is 25.5. The number of nitrogens with one attached hydrogen (secondary N) is 1. The molecule has 0 spiro atoms. The van der Waals surface area contributed by atoms with Crippen LogP contribution in [0, 0.1) is 0 Å². The molecule has 27 heavy (non-hydrogen) atoms. The van der Waals surface area contributed by atoms with Gasteiger partial charge >= 0.3 is 0 Å². The first kappa shape index (κ1) is 20.8. The molecule has 2 rings (SSSR count). The summed E-state index contributed by atoms with van der Waals surface area (Å²) in [6.45, 7) is 5.98. The van der Waals surface area contributed by atoms with Crippen molar-refractivity contribution in [3.8, 4) is 0 Å². The van der Waals surface area contributed by atoms with Crippen molar-refractivity contribution in [3.05, 3.63) is 60.2 Å². The molecule has 1 N–H and O–H groups in total. The van der Waals surface area contributed by atoms with Gasteiger partial charge in [-0.05, 0) is 43.7 Å². The SMILES string of the molecule is CCN(CC)c1ccc(N(CC(=O)NCc2ccccc2)S(C)(=O)=O)cc1. The standard InChI is InChI=1S/C20H27N3O3S/c1-4-22(5-2)18-11-13-19(14-12-18)23(27(3,25)26)16-20(24)21-15-17-9-7-6-8-10-17/h6-14H,4-5,15-16H2,1-3H3,(H,21,24). The van der Waals surface area contributed by atoms with E-state index in [1.54, 1.807) is 12.1 Å². The summed E-state index contributed by atoms with van der Waals surface area (Å²) >= 11 is 0. The molecule has 0 aromatic heterocycles. The minimum absolute atomic E-state index is 0.254. The normalized spacial score (nSPS) is 11.1. The van der Waals surface area contributed by atoms with Gasteiger partial charge < -0.3 is 10.2 Å². The lowest BCUT2D eigenvalue weighted by atomic mass is 10.2. The number of carbonyl (C=O) groups is 1. The van der Waals surface area contributed by atoms with Crippen LogP contribution in [0.15, 0.2) is 54.6 Å². The number of benzene rings is 2. The summed E-state index contributed by atoms with van der Waals surface area (Å²) in [7, 11) is -3.58. The topological polar surface area (TPSA) is 69.7 Å². The number of sulfonamides is 1. The molecule has 1 amide bonds. The van der Waals surface area contributed by atoms with Crippen molar-refractivity contribution in [1.29, 1.82) is 0 Å². The van der Waals surface area contributed by atoms with Crippen molar-refractivity contribution in [2.45, 2.75) is 20.4 Å². The summed E-state index contributed by atoms with van der Waals surface area (Å²) in [6.07, 6.45) is 1.11. The van der Waals surface area contributed by atoms with Crippen molar-refractivity contribution in [2.75, 3.05) is 35.1 Å². The second kappa shape index (κ2) is 9.41. The lowest BCUT2D eigenvalue weighted by Gasteiger charge is -2.24. The number of hydrogen-bond donors (Lipinski definition) is 1. The predicted molar refractivity (Wildman–Crippen MR) is 110 cm³/mol. The molecule has 0 fully saturated rings. The molecule has 0 heterocycles. The zero-order valence-corrected chi connectivity index (χ0v) is 16.9. The first-order valence-electron chi connectivity index (χ1n) is 8.98. The van der Waals surface area contributed by atoms with E-state index in [0.717, 1.165) is 34.9 Å². The third kappa shape index (κ3) is 5.99. The Labute approximate surface area is 161 Å². The fourth-order valence-corrected chi connectivity index (χ4v) is 3.66. The summed E-state index contributed by atoms with van der Waals surface area (Å²) in [6, 6.07) is 16.7. The first-order chi connectivity index (χ1) is 12.8. The molecule has 0 bridgehead atoms. The third-order valence-corrected chi connectivity index (χ3v) is 5.43. The van der Waals surface area contributed by atoms with Gasteiger partial charge in [-0.15, -0.1) is 0 Å². The van der Waals surface area contributed by atoms with E-state index in [1.807, 2.05) is 42.5 Å². The Morgan fingerprint density at radius 3 is 2.00 bits per heavy atom. The summed E-state index contributed by atoms with van der Waals surface area (Å²) in [5.74, 6) is -0.350. The van der Waals surface area contributed by atoms with Gasteiger partial charge in [0.25, 0.3) is 0 Å². The van der Waals surface area contributed by atoms with Crippen LogP contribution in [0.5, 0.6) is 0 Å². The van der Waals surface area contributed by atoms with Crippen LogP contribution in [0.1, 0.15) is 19.4 Å². The molecule has 2 aromatic carbocycles. The number of nitrogens with zero attached hydrogens (tertiary/aromatic N) is 2. The zero-order valence-electron chi connectivity index (χ0n) is 16.1. The van der Waals surface area contributed by atoms with Crippen LogP contribution in [0.3, 0.4) is 0 Å². The predicted octanol–water partition coefficient (Wildman–Crippen LogP) is 2.62. The lowest BCUT2D eigenvalue weighted by Crippen LogP contribution is -2.40. The molecule has 0 saturated heterocycles. The lowest BCUT2D eigenvalue weighted by molar-refractivity contribution is -0.119. The maximum atomic E-state index is 12.3. The van der Waals surface area contributed by atoms with E-state index in [2.05, 4.69) is 24.1 Å². The smallest absolute Gasteiger partial charge is 0.241 e. The molecule has 6 nitrogen and oxygen atoms in total. The number of anilines is 2. The minimum Gasteiger partial charge on any atom is -0.372 e. The summed E-state index contributed by atoms with van der Waals surface area (Å²) in [5, 5.41) is 2.77. The number of rotatable bonds is 9. The highest BCUT2D eigenvalue weighted by Crippen LogP contribution is 2.22. The number of amides is 1. The average Bonchev–Trinajstić information content (AvgIpc) is 2.66. The van der Waals surface area contributed by atoms with Gasteiger partial charge in [0.2, 0.25) is 15.9 Å². The van der Waals surface area contributed by atoms with Crippen LogP contribution in [0.25, 0.3) is 0 Å². The van der Waals surface area contributed by atoms with Gasteiger partial charge in [-0.2, -0.15) is 0 Å². The Hall–Kier alpha value is -2.54. The van der Waals surface area contributed by atoms with Gasteiger partial charge in [0.05, 0.1) is 11.9 Å². The highest BCUT2D eigenvalue weighted by molar-refractivity contribution is 7.92. The van der Waals surface area contributed by atoms with E-state index >= 15 is 0 Å². The van der Waals surface area contributed by atoms with Crippen molar-refractivity contribution in [1.82, 2.24) is 5.32 Å². The van der Waals surface area contributed by atoms with E-state index in [0.29, 0.717) is 12.2 Å². The van der Waals surface area contributed by atoms with Gasteiger partial charge in [0.15, 0.2) is 0 Å². The van der Waals surface area contributed by atoms with Gasteiger partial charge in [-0.25, -0.2) is 8.42 Å².